The molecule has 0 aliphatic carbocycles. The van der Waals surface area contributed by atoms with Crippen LogP contribution in [0.4, 0.5) is 16.5 Å². The van der Waals surface area contributed by atoms with Crippen LogP contribution in [0.3, 0.4) is 0 Å². The minimum absolute atomic E-state index is 0.392. The third-order valence-corrected chi connectivity index (χ3v) is 6.09. The minimum atomic E-state index is -0.557. The van der Waals surface area contributed by atoms with Crippen LogP contribution in [0.5, 0.6) is 5.75 Å². The van der Waals surface area contributed by atoms with E-state index in [2.05, 4.69) is 15.6 Å². The first kappa shape index (κ1) is 19.9. The molecule has 0 aliphatic rings. The zero-order valence-corrected chi connectivity index (χ0v) is 17.5. The molecule has 0 fully saturated rings. The number of rotatable bonds is 7. The molecule has 2 aromatic carbocycles. The van der Waals surface area contributed by atoms with Crippen molar-refractivity contribution in [3.8, 4) is 5.75 Å². The quantitative estimate of drug-likeness (QED) is 0.398. The molecule has 0 radical (unpaired) electrons. The first-order valence-corrected chi connectivity index (χ1v) is 10.6. The summed E-state index contributed by atoms with van der Waals surface area (Å²) in [4.78, 5) is 30.1. The standard InChI is InChI=1S/C21H17N3O4S2/c1-27-15-10-6-5-9-14(15)23-18(25)12-28-20(26)17-11-16-19(29-17)24-21(30-16)22-13-7-3-2-4-8-13/h2-11H,12H2,1H3,(H,22,24)(H,23,25). The lowest BCUT2D eigenvalue weighted by Crippen LogP contribution is -2.20. The molecule has 2 aromatic heterocycles. The van der Waals surface area contributed by atoms with E-state index >= 15 is 0 Å². The van der Waals surface area contributed by atoms with E-state index in [1.54, 1.807) is 30.3 Å². The lowest BCUT2D eigenvalue weighted by Gasteiger charge is -2.09. The molecule has 0 saturated carbocycles. The molecular weight excluding hydrogens is 422 g/mol. The Hall–Kier alpha value is -3.43. The van der Waals surface area contributed by atoms with Gasteiger partial charge in [-0.15, -0.1) is 11.3 Å². The van der Waals surface area contributed by atoms with E-state index in [4.69, 9.17) is 9.47 Å². The smallest absolute Gasteiger partial charge is 0.348 e. The highest BCUT2D eigenvalue weighted by molar-refractivity contribution is 7.29. The summed E-state index contributed by atoms with van der Waals surface area (Å²) in [7, 11) is 1.52. The van der Waals surface area contributed by atoms with Crippen LogP contribution < -0.4 is 15.4 Å². The van der Waals surface area contributed by atoms with Gasteiger partial charge < -0.3 is 20.1 Å². The highest BCUT2D eigenvalue weighted by Crippen LogP contribution is 2.34. The summed E-state index contributed by atoms with van der Waals surface area (Å²) in [5.41, 5.74) is 1.46. The Kier molecular flexibility index (Phi) is 5.92. The highest BCUT2D eigenvalue weighted by Gasteiger charge is 2.17. The second-order valence-corrected chi connectivity index (χ2v) is 8.18. The minimum Gasteiger partial charge on any atom is -0.495 e. The van der Waals surface area contributed by atoms with E-state index in [0.29, 0.717) is 16.3 Å². The number of anilines is 3. The number of benzene rings is 2. The molecule has 2 heterocycles. The van der Waals surface area contributed by atoms with Crippen LogP contribution in [0, 0.1) is 0 Å². The number of thiazole rings is 1. The normalized spacial score (nSPS) is 10.6. The number of hydrogen-bond acceptors (Lipinski definition) is 8. The number of carbonyl (C=O) groups excluding carboxylic acids is 2. The van der Waals surface area contributed by atoms with E-state index in [1.165, 1.54) is 29.8 Å². The Labute approximate surface area is 180 Å². The van der Waals surface area contributed by atoms with Crippen molar-refractivity contribution >= 4 is 60.6 Å². The molecule has 4 aromatic rings. The van der Waals surface area contributed by atoms with Crippen molar-refractivity contribution in [2.45, 2.75) is 0 Å². The van der Waals surface area contributed by atoms with Crippen molar-refractivity contribution in [2.24, 2.45) is 0 Å². The first-order valence-electron chi connectivity index (χ1n) is 8.95. The van der Waals surface area contributed by atoms with Crippen LogP contribution in [0.2, 0.25) is 0 Å². The lowest BCUT2D eigenvalue weighted by molar-refractivity contribution is -0.119. The number of nitrogens with one attached hydrogen (secondary N) is 2. The van der Waals surface area contributed by atoms with Gasteiger partial charge in [0.1, 0.15) is 15.5 Å². The van der Waals surface area contributed by atoms with E-state index < -0.39 is 18.5 Å². The number of methoxy groups -OCH3 is 1. The Morgan fingerprint density at radius 3 is 2.57 bits per heavy atom. The second kappa shape index (κ2) is 8.93. The Morgan fingerprint density at radius 2 is 1.80 bits per heavy atom. The maximum atomic E-state index is 12.3. The lowest BCUT2D eigenvalue weighted by atomic mass is 10.3. The average molecular weight is 440 g/mol. The molecule has 4 rings (SSSR count). The number of amides is 1. The van der Waals surface area contributed by atoms with E-state index in [0.717, 1.165) is 20.3 Å². The number of ether oxygens (including phenoxy) is 2. The zero-order chi connectivity index (χ0) is 20.9. The fourth-order valence-electron chi connectivity index (χ4n) is 2.67. The number of esters is 1. The number of aromatic nitrogens is 1. The van der Waals surface area contributed by atoms with Gasteiger partial charge in [-0.05, 0) is 30.3 Å². The number of para-hydroxylation sites is 3. The predicted octanol–water partition coefficient (Wildman–Crippen LogP) is 4.91. The molecule has 1 amide bonds. The molecule has 0 spiro atoms. The fourth-order valence-corrected chi connectivity index (χ4v) is 4.70. The van der Waals surface area contributed by atoms with Gasteiger partial charge in [0.05, 0.1) is 17.5 Å². The number of thiophene rings is 1. The van der Waals surface area contributed by atoms with Crippen molar-refractivity contribution in [3.63, 3.8) is 0 Å². The summed E-state index contributed by atoms with van der Waals surface area (Å²) >= 11 is 2.68. The van der Waals surface area contributed by atoms with Crippen LogP contribution >= 0.6 is 22.7 Å². The molecule has 0 saturated heterocycles. The van der Waals surface area contributed by atoms with E-state index in [1.807, 2.05) is 30.3 Å². The Balaban J connectivity index is 1.35. The van der Waals surface area contributed by atoms with Crippen molar-refractivity contribution in [3.05, 3.63) is 65.5 Å². The third kappa shape index (κ3) is 4.58. The number of fused-ring (bicyclic) bond motifs is 1. The predicted molar refractivity (Wildman–Crippen MR) is 119 cm³/mol. The first-order chi connectivity index (χ1) is 14.6. The molecule has 9 heteroatoms. The van der Waals surface area contributed by atoms with Crippen molar-refractivity contribution in [2.75, 3.05) is 24.4 Å². The summed E-state index contributed by atoms with van der Waals surface area (Å²) < 4.78 is 11.2. The van der Waals surface area contributed by atoms with Crippen LogP contribution in [0.25, 0.3) is 9.53 Å². The number of nitrogens with zero attached hydrogens (tertiary/aromatic N) is 1. The summed E-state index contributed by atoms with van der Waals surface area (Å²) in [5.74, 6) is -0.474. The van der Waals surface area contributed by atoms with Gasteiger partial charge >= 0.3 is 5.97 Å². The van der Waals surface area contributed by atoms with Gasteiger partial charge in [0.25, 0.3) is 5.91 Å². The molecule has 7 nitrogen and oxygen atoms in total. The SMILES string of the molecule is COc1ccccc1NC(=O)COC(=O)c1cc2sc(Nc3ccccc3)nc2s1. The van der Waals surface area contributed by atoms with Gasteiger partial charge in [-0.25, -0.2) is 9.78 Å². The molecule has 0 bridgehead atoms. The zero-order valence-electron chi connectivity index (χ0n) is 15.9. The fraction of sp³-hybridized carbons (Fsp3) is 0.0952. The molecular formula is C21H17N3O4S2. The molecule has 0 atom stereocenters. The van der Waals surface area contributed by atoms with Gasteiger partial charge in [0.2, 0.25) is 0 Å². The largest absolute Gasteiger partial charge is 0.495 e. The monoisotopic (exact) mass is 439 g/mol. The summed E-state index contributed by atoms with van der Waals surface area (Å²) in [5, 5.41) is 6.65. The molecule has 2 N–H and O–H groups in total. The van der Waals surface area contributed by atoms with Gasteiger partial charge in [0.15, 0.2) is 11.7 Å². The molecule has 0 unspecified atom stereocenters. The molecule has 0 aliphatic heterocycles. The summed E-state index contributed by atoms with van der Waals surface area (Å²) in [6.45, 7) is -0.392. The van der Waals surface area contributed by atoms with E-state index in [-0.39, 0.29) is 0 Å². The maximum Gasteiger partial charge on any atom is 0.348 e. The summed E-state index contributed by atoms with van der Waals surface area (Å²) in [6, 6.07) is 18.5. The Bertz CT molecular complexity index is 1160. The highest BCUT2D eigenvalue weighted by atomic mass is 32.1. The summed E-state index contributed by atoms with van der Waals surface area (Å²) in [6.07, 6.45) is 0. The average Bonchev–Trinajstić information content (AvgIpc) is 3.32. The van der Waals surface area contributed by atoms with Gasteiger partial charge in [-0.3, -0.25) is 4.79 Å². The van der Waals surface area contributed by atoms with Crippen LogP contribution in [0.15, 0.2) is 60.7 Å². The third-order valence-electron chi connectivity index (χ3n) is 4.03. The van der Waals surface area contributed by atoms with Gasteiger partial charge in [-0.2, -0.15) is 0 Å². The second-order valence-electron chi connectivity index (χ2n) is 6.11. The van der Waals surface area contributed by atoms with Gasteiger partial charge in [-0.1, -0.05) is 41.7 Å². The molecule has 30 heavy (non-hydrogen) atoms. The van der Waals surface area contributed by atoms with Crippen LogP contribution in [-0.4, -0.2) is 30.6 Å². The number of hydrogen-bond donors (Lipinski definition) is 2. The maximum absolute atomic E-state index is 12.3. The van der Waals surface area contributed by atoms with Crippen LogP contribution in [-0.2, 0) is 9.53 Å². The number of carbonyl (C=O) groups is 2. The molecule has 152 valence electrons. The van der Waals surface area contributed by atoms with E-state index in [9.17, 15) is 9.59 Å². The van der Waals surface area contributed by atoms with Crippen molar-refractivity contribution in [1.29, 1.82) is 0 Å². The van der Waals surface area contributed by atoms with Crippen LogP contribution in [0.1, 0.15) is 9.67 Å². The van der Waals surface area contributed by atoms with Gasteiger partial charge in [0, 0.05) is 5.69 Å². The van der Waals surface area contributed by atoms with Crippen molar-refractivity contribution in [1.82, 2.24) is 4.98 Å². The topological polar surface area (TPSA) is 89.5 Å². The van der Waals surface area contributed by atoms with Crippen molar-refractivity contribution < 1.29 is 19.1 Å². The Morgan fingerprint density at radius 1 is 1.03 bits per heavy atom.